The van der Waals surface area contributed by atoms with Crippen LogP contribution in [0.25, 0.3) is 0 Å². The number of nitrogens with zero attached hydrogens (tertiary/aromatic N) is 2. The minimum Gasteiger partial charge on any atom is -0.434 e. The average Bonchev–Trinajstić information content (AvgIpc) is 2.66. The molecule has 0 aliphatic heterocycles. The first-order valence-corrected chi connectivity index (χ1v) is 11.5. The third kappa shape index (κ3) is 6.92. The molecule has 174 valence electrons. The molecule has 1 heterocycles. The van der Waals surface area contributed by atoms with E-state index in [4.69, 9.17) is 16.7 Å². The molecule has 2 atom stereocenters. The van der Waals surface area contributed by atoms with Gasteiger partial charge in [-0.05, 0) is 38.5 Å². The zero-order valence-corrected chi connectivity index (χ0v) is 20.1. The van der Waals surface area contributed by atoms with Crippen LogP contribution in [0.5, 0.6) is 5.75 Å². The fourth-order valence-corrected chi connectivity index (χ4v) is 3.71. The van der Waals surface area contributed by atoms with Crippen molar-refractivity contribution in [2.45, 2.75) is 37.7 Å². The summed E-state index contributed by atoms with van der Waals surface area (Å²) in [4.78, 5) is 14.8. The van der Waals surface area contributed by atoms with Crippen LogP contribution in [0.3, 0.4) is 0 Å². The highest BCUT2D eigenvalue weighted by molar-refractivity contribution is 9.10. The van der Waals surface area contributed by atoms with Crippen LogP contribution in [0.2, 0.25) is 5.15 Å². The molecular formula is C19H20BrClF2N4O4S. The van der Waals surface area contributed by atoms with Crippen LogP contribution < -0.4 is 15.2 Å². The van der Waals surface area contributed by atoms with Crippen LogP contribution in [0, 0.1) is 10.1 Å². The first-order valence-electron chi connectivity index (χ1n) is 9.07. The van der Waals surface area contributed by atoms with E-state index in [1.54, 1.807) is 32.1 Å². The third-order valence-corrected chi connectivity index (χ3v) is 6.41. The molecule has 1 aromatic carbocycles. The summed E-state index contributed by atoms with van der Waals surface area (Å²) in [5, 5.41) is 19.8. The van der Waals surface area contributed by atoms with E-state index < -0.39 is 33.3 Å². The highest BCUT2D eigenvalue weighted by atomic mass is 79.9. The van der Waals surface area contributed by atoms with Crippen molar-refractivity contribution in [3.8, 4) is 5.75 Å². The zero-order chi connectivity index (χ0) is 24.1. The van der Waals surface area contributed by atoms with Gasteiger partial charge in [0.25, 0.3) is 0 Å². The van der Waals surface area contributed by atoms with E-state index in [2.05, 4.69) is 31.0 Å². The summed E-state index contributed by atoms with van der Waals surface area (Å²) in [6.45, 7) is 0.237. The lowest BCUT2D eigenvalue weighted by atomic mass is 10.0. The number of anilines is 1. The van der Waals surface area contributed by atoms with Crippen LogP contribution in [0.4, 0.5) is 20.3 Å². The molecule has 13 heteroatoms. The van der Waals surface area contributed by atoms with E-state index in [0.717, 1.165) is 0 Å². The fraction of sp³-hybridized carbons (Fsp3) is 0.316. The van der Waals surface area contributed by atoms with Crippen LogP contribution in [0.15, 0.2) is 47.0 Å². The van der Waals surface area contributed by atoms with Crippen LogP contribution in [-0.2, 0) is 11.0 Å². The van der Waals surface area contributed by atoms with E-state index in [0.29, 0.717) is 4.47 Å². The van der Waals surface area contributed by atoms with Gasteiger partial charge in [-0.1, -0.05) is 45.7 Å². The fourth-order valence-electron chi connectivity index (χ4n) is 2.70. The molecule has 0 spiro atoms. The molecule has 0 bridgehead atoms. The summed E-state index contributed by atoms with van der Waals surface area (Å²) in [7, 11) is -1.66. The summed E-state index contributed by atoms with van der Waals surface area (Å²) in [6, 6.07) is 6.11. The predicted octanol–water partition coefficient (Wildman–Crippen LogP) is 5.51. The molecule has 0 aliphatic carbocycles. The Labute approximate surface area is 199 Å². The number of halogens is 4. The molecule has 0 saturated heterocycles. The molecule has 2 aromatic rings. The molecule has 0 fully saturated rings. The van der Waals surface area contributed by atoms with Crippen molar-refractivity contribution in [2.24, 2.45) is 5.14 Å². The van der Waals surface area contributed by atoms with Gasteiger partial charge in [0.2, 0.25) is 5.82 Å². The Morgan fingerprint density at radius 3 is 2.69 bits per heavy atom. The topological polar surface area (TPSA) is 120 Å². The van der Waals surface area contributed by atoms with Crippen molar-refractivity contribution in [1.29, 1.82) is 0 Å². The molecule has 1 aromatic heterocycles. The number of aromatic nitrogens is 1. The van der Waals surface area contributed by atoms with Gasteiger partial charge in [-0.25, -0.2) is 9.19 Å². The molecule has 0 saturated carbocycles. The lowest BCUT2D eigenvalue weighted by molar-refractivity contribution is -0.384. The lowest BCUT2D eigenvalue weighted by Crippen LogP contribution is -2.29. The Balaban J connectivity index is 2.55. The van der Waals surface area contributed by atoms with Gasteiger partial charge in [-0.2, -0.15) is 8.78 Å². The van der Waals surface area contributed by atoms with Crippen molar-refractivity contribution >= 4 is 50.0 Å². The highest BCUT2D eigenvalue weighted by Gasteiger charge is 2.26. The van der Waals surface area contributed by atoms with Gasteiger partial charge in [0.15, 0.2) is 0 Å². The van der Waals surface area contributed by atoms with Gasteiger partial charge >= 0.3 is 12.3 Å². The number of nitro groups is 1. The molecule has 0 amide bonds. The van der Waals surface area contributed by atoms with Gasteiger partial charge in [0.1, 0.15) is 10.9 Å². The number of hydrogen-bond donors (Lipinski definition) is 2. The Hall–Kier alpha value is -2.15. The van der Waals surface area contributed by atoms with Crippen LogP contribution in [-0.4, -0.2) is 25.5 Å². The summed E-state index contributed by atoms with van der Waals surface area (Å²) < 4.78 is 41.9. The normalized spacial score (nSPS) is 13.9. The highest BCUT2D eigenvalue weighted by Crippen LogP contribution is 2.38. The summed E-state index contributed by atoms with van der Waals surface area (Å²) in [6.07, 6.45) is 3.39. The maximum atomic E-state index is 13.0. The number of pyridine rings is 1. The second kappa shape index (κ2) is 11.1. The Morgan fingerprint density at radius 1 is 1.41 bits per heavy atom. The number of rotatable bonds is 10. The average molecular weight is 554 g/mol. The van der Waals surface area contributed by atoms with Gasteiger partial charge in [-0.3, -0.25) is 15.3 Å². The van der Waals surface area contributed by atoms with Crippen molar-refractivity contribution < 1.29 is 22.6 Å². The molecule has 0 radical (unpaired) electrons. The number of nitrogens with one attached hydrogen (secondary N) is 1. The van der Waals surface area contributed by atoms with Crippen LogP contribution >= 0.6 is 27.5 Å². The smallest absolute Gasteiger partial charge is 0.387 e. The maximum Gasteiger partial charge on any atom is 0.387 e. The Kier molecular flexibility index (Phi) is 9.08. The van der Waals surface area contributed by atoms with Crippen LogP contribution in [0.1, 0.15) is 31.9 Å². The van der Waals surface area contributed by atoms with E-state index in [9.17, 15) is 23.1 Å². The minimum absolute atomic E-state index is 0.00300. The van der Waals surface area contributed by atoms with E-state index in [1.165, 1.54) is 24.3 Å². The second-order valence-electron chi connectivity index (χ2n) is 7.02. The molecule has 1 unspecified atom stereocenters. The molecule has 3 N–H and O–H groups in total. The summed E-state index contributed by atoms with van der Waals surface area (Å²) >= 11 is 9.24. The standard InChI is InChI=1S/C19H20BrClF2N4O4S/c1-19(2,32(24)30)10-4-6-12(16-11(20)5-3-7-14(16)31-18(22)23)25-17-13(27(28)29)8-9-15(21)26-17/h3-5,7-10,12,18H,6,24H2,1-2H3,(H,25,26)/b10-4+/t12-,32?/m1/s1. The first kappa shape index (κ1) is 26.1. The minimum atomic E-state index is -3.09. The monoisotopic (exact) mass is 552 g/mol. The predicted molar refractivity (Wildman–Crippen MR) is 123 cm³/mol. The SMILES string of the molecule is CC(C)(/C=C/C[C@@H](Nc1nc(Cl)ccc1[N+](=O)[O-])c1c(Br)cccc1OC(F)F)S(N)=O. The first-order chi connectivity index (χ1) is 14.9. The molecule has 32 heavy (non-hydrogen) atoms. The number of alkyl halides is 2. The quantitative estimate of drug-likeness (QED) is 0.173. The van der Waals surface area contributed by atoms with E-state index >= 15 is 0 Å². The van der Waals surface area contributed by atoms with Gasteiger partial charge in [0.05, 0.1) is 26.7 Å². The van der Waals surface area contributed by atoms with Crippen molar-refractivity contribution in [2.75, 3.05) is 5.32 Å². The summed E-state index contributed by atoms with van der Waals surface area (Å²) in [5.74, 6) is -0.284. The number of nitrogens with two attached hydrogens (primary N) is 1. The van der Waals surface area contributed by atoms with Crippen molar-refractivity contribution in [3.63, 3.8) is 0 Å². The maximum absolute atomic E-state index is 13.0. The van der Waals surface area contributed by atoms with Gasteiger partial charge in [-0.15, -0.1) is 0 Å². The zero-order valence-electron chi connectivity index (χ0n) is 16.9. The molecule has 0 aliphatic rings. The van der Waals surface area contributed by atoms with E-state index in [-0.39, 0.29) is 34.4 Å². The van der Waals surface area contributed by atoms with Crippen molar-refractivity contribution in [3.05, 3.63) is 67.8 Å². The molecular weight excluding hydrogens is 534 g/mol. The largest absolute Gasteiger partial charge is 0.434 e. The number of benzene rings is 1. The number of ether oxygens (including phenoxy) is 1. The molecule has 2 rings (SSSR count). The second-order valence-corrected chi connectivity index (χ2v) is 9.91. The van der Waals surface area contributed by atoms with Gasteiger partial charge in [0, 0.05) is 16.1 Å². The third-order valence-electron chi connectivity index (χ3n) is 4.33. The Morgan fingerprint density at radius 2 is 2.09 bits per heavy atom. The van der Waals surface area contributed by atoms with Gasteiger partial charge < -0.3 is 10.1 Å². The number of hydrogen-bond acceptors (Lipinski definition) is 6. The lowest BCUT2D eigenvalue weighted by Gasteiger charge is -2.23. The van der Waals surface area contributed by atoms with Crippen molar-refractivity contribution in [1.82, 2.24) is 4.98 Å². The molecule has 8 nitrogen and oxygen atoms in total. The summed E-state index contributed by atoms with van der Waals surface area (Å²) in [5.41, 5.74) is -0.0737. The van der Waals surface area contributed by atoms with E-state index in [1.807, 2.05) is 0 Å². The Bertz CT molecular complexity index is 1040.